The molecular weight excluding hydrogens is 228 g/mol. The summed E-state index contributed by atoms with van der Waals surface area (Å²) in [5.74, 6) is 0. The van der Waals surface area contributed by atoms with Crippen molar-refractivity contribution in [3.63, 3.8) is 0 Å². The van der Waals surface area contributed by atoms with E-state index in [-0.39, 0.29) is 12.6 Å². The number of carbonyl (C=O) groups is 1. The molecule has 0 spiro atoms. The molecule has 1 aromatic rings. The van der Waals surface area contributed by atoms with E-state index in [1.165, 1.54) is 0 Å². The highest BCUT2D eigenvalue weighted by molar-refractivity contribution is 6.33. The van der Waals surface area contributed by atoms with Crippen LogP contribution < -0.4 is 10.6 Å². The van der Waals surface area contributed by atoms with Gasteiger partial charge >= 0.3 is 6.03 Å². The van der Waals surface area contributed by atoms with Crippen LogP contribution in [0.4, 0.5) is 10.5 Å². The summed E-state index contributed by atoms with van der Waals surface area (Å²) in [7, 11) is 0. The van der Waals surface area contributed by atoms with Crippen LogP contribution in [0.25, 0.3) is 0 Å². The molecule has 2 rings (SSSR count). The summed E-state index contributed by atoms with van der Waals surface area (Å²) in [5.41, 5.74) is -0.123. The average molecular weight is 241 g/mol. The molecule has 86 valence electrons. The maximum atomic E-state index is 11.4. The maximum absolute atomic E-state index is 11.4. The SMILES string of the molecule is O=C(NCC1(O)CC1)Nc1ccccc1Cl. The van der Waals surface area contributed by atoms with Crippen molar-refractivity contribution in [2.75, 3.05) is 11.9 Å². The van der Waals surface area contributed by atoms with Gasteiger partial charge in [-0.15, -0.1) is 0 Å². The van der Waals surface area contributed by atoms with Crippen LogP contribution >= 0.6 is 11.6 Å². The zero-order valence-corrected chi connectivity index (χ0v) is 9.42. The van der Waals surface area contributed by atoms with Gasteiger partial charge in [0.1, 0.15) is 0 Å². The van der Waals surface area contributed by atoms with Gasteiger partial charge in [0.25, 0.3) is 0 Å². The lowest BCUT2D eigenvalue weighted by atomic mass is 10.3. The summed E-state index contributed by atoms with van der Waals surface area (Å²) in [5, 5.41) is 15.2. The minimum absolute atomic E-state index is 0.281. The first-order chi connectivity index (χ1) is 7.59. The molecule has 0 bridgehead atoms. The minimum Gasteiger partial charge on any atom is -0.388 e. The lowest BCUT2D eigenvalue weighted by molar-refractivity contribution is 0.149. The Labute approximate surface area is 98.6 Å². The van der Waals surface area contributed by atoms with Crippen LogP contribution in [0.1, 0.15) is 12.8 Å². The maximum Gasteiger partial charge on any atom is 0.319 e. The number of carbonyl (C=O) groups excluding carboxylic acids is 1. The van der Waals surface area contributed by atoms with Gasteiger partial charge in [0, 0.05) is 6.54 Å². The number of para-hydroxylation sites is 1. The van der Waals surface area contributed by atoms with Crippen LogP contribution in [0.5, 0.6) is 0 Å². The second kappa shape index (κ2) is 4.31. The quantitative estimate of drug-likeness (QED) is 0.757. The highest BCUT2D eigenvalue weighted by Crippen LogP contribution is 2.33. The van der Waals surface area contributed by atoms with Crippen molar-refractivity contribution < 1.29 is 9.90 Å². The third-order valence-corrected chi connectivity index (χ3v) is 2.86. The van der Waals surface area contributed by atoms with Gasteiger partial charge in [-0.25, -0.2) is 4.79 Å². The number of rotatable bonds is 3. The normalized spacial score (nSPS) is 16.6. The number of amides is 2. The molecule has 5 heteroatoms. The zero-order valence-electron chi connectivity index (χ0n) is 8.66. The first kappa shape index (κ1) is 11.2. The Bertz CT molecular complexity index is 405. The lowest BCUT2D eigenvalue weighted by Gasteiger charge is -2.11. The van der Waals surface area contributed by atoms with Crippen LogP contribution in [-0.4, -0.2) is 23.3 Å². The van der Waals surface area contributed by atoms with Crippen LogP contribution in [0, 0.1) is 0 Å². The van der Waals surface area contributed by atoms with Gasteiger partial charge in [0.15, 0.2) is 0 Å². The van der Waals surface area contributed by atoms with Gasteiger partial charge in [-0.1, -0.05) is 23.7 Å². The first-order valence-corrected chi connectivity index (χ1v) is 5.49. The number of halogens is 1. The third kappa shape index (κ3) is 2.87. The fraction of sp³-hybridized carbons (Fsp3) is 0.364. The molecule has 0 atom stereocenters. The standard InChI is InChI=1S/C11H13ClN2O2/c12-8-3-1-2-4-9(8)14-10(15)13-7-11(16)5-6-11/h1-4,16H,5-7H2,(H2,13,14,15). The molecule has 0 radical (unpaired) electrons. The summed E-state index contributed by atoms with van der Waals surface area (Å²) in [6, 6.07) is 6.64. The predicted octanol–water partition coefficient (Wildman–Crippen LogP) is 1.99. The Morgan fingerprint density at radius 3 is 2.75 bits per heavy atom. The van der Waals surface area contributed by atoms with Crippen LogP contribution in [0.15, 0.2) is 24.3 Å². The van der Waals surface area contributed by atoms with Gasteiger partial charge in [-0.2, -0.15) is 0 Å². The van der Waals surface area contributed by atoms with Crippen LogP contribution in [0.3, 0.4) is 0 Å². The minimum atomic E-state index is -0.683. The monoisotopic (exact) mass is 240 g/mol. The average Bonchev–Trinajstić information content (AvgIpc) is 2.98. The molecule has 0 unspecified atom stereocenters. The predicted molar refractivity (Wildman–Crippen MR) is 62.7 cm³/mol. The molecule has 2 amide bonds. The van der Waals surface area contributed by atoms with E-state index >= 15 is 0 Å². The number of aliphatic hydroxyl groups is 1. The van der Waals surface area contributed by atoms with E-state index in [2.05, 4.69) is 10.6 Å². The number of nitrogens with one attached hydrogen (secondary N) is 2. The van der Waals surface area contributed by atoms with Crippen LogP contribution in [0.2, 0.25) is 5.02 Å². The molecular formula is C11H13ClN2O2. The summed E-state index contributed by atoms with van der Waals surface area (Å²) in [4.78, 5) is 11.4. The second-order valence-electron chi connectivity index (χ2n) is 4.01. The fourth-order valence-electron chi connectivity index (χ4n) is 1.29. The van der Waals surface area contributed by atoms with E-state index in [4.69, 9.17) is 11.6 Å². The largest absolute Gasteiger partial charge is 0.388 e. The summed E-state index contributed by atoms with van der Waals surface area (Å²) < 4.78 is 0. The number of benzene rings is 1. The van der Waals surface area contributed by atoms with Gasteiger partial charge in [0.05, 0.1) is 16.3 Å². The molecule has 1 saturated carbocycles. The number of urea groups is 1. The molecule has 1 aliphatic rings. The van der Waals surface area contributed by atoms with E-state index in [0.29, 0.717) is 10.7 Å². The second-order valence-corrected chi connectivity index (χ2v) is 4.42. The smallest absolute Gasteiger partial charge is 0.319 e. The van der Waals surface area contributed by atoms with Gasteiger partial charge < -0.3 is 15.7 Å². The zero-order chi connectivity index (χ0) is 11.6. The van der Waals surface area contributed by atoms with Gasteiger partial charge in [0.2, 0.25) is 0 Å². The van der Waals surface area contributed by atoms with Crippen molar-refractivity contribution in [2.24, 2.45) is 0 Å². The Morgan fingerprint density at radius 2 is 2.12 bits per heavy atom. The van der Waals surface area contributed by atoms with Crippen molar-refractivity contribution in [1.82, 2.24) is 5.32 Å². The van der Waals surface area contributed by atoms with E-state index in [0.717, 1.165) is 12.8 Å². The van der Waals surface area contributed by atoms with Crippen LogP contribution in [-0.2, 0) is 0 Å². The highest BCUT2D eigenvalue weighted by atomic mass is 35.5. The number of hydrogen-bond donors (Lipinski definition) is 3. The molecule has 0 aromatic heterocycles. The van der Waals surface area contributed by atoms with Crippen molar-refractivity contribution in [3.8, 4) is 0 Å². The molecule has 0 saturated heterocycles. The summed E-state index contributed by atoms with van der Waals surface area (Å²) in [6.45, 7) is 0.281. The van der Waals surface area contributed by atoms with Crippen molar-refractivity contribution in [3.05, 3.63) is 29.3 Å². The molecule has 3 N–H and O–H groups in total. The number of hydrogen-bond acceptors (Lipinski definition) is 2. The topological polar surface area (TPSA) is 61.4 Å². The van der Waals surface area contributed by atoms with Crippen molar-refractivity contribution in [2.45, 2.75) is 18.4 Å². The Hall–Kier alpha value is -1.26. The van der Waals surface area contributed by atoms with E-state index in [1.54, 1.807) is 24.3 Å². The first-order valence-electron chi connectivity index (χ1n) is 5.11. The lowest BCUT2D eigenvalue weighted by Crippen LogP contribution is -2.36. The van der Waals surface area contributed by atoms with E-state index in [9.17, 15) is 9.90 Å². The van der Waals surface area contributed by atoms with Gasteiger partial charge in [-0.05, 0) is 25.0 Å². The molecule has 0 aliphatic heterocycles. The fourth-order valence-corrected chi connectivity index (χ4v) is 1.48. The Balaban J connectivity index is 1.85. The Morgan fingerprint density at radius 1 is 1.44 bits per heavy atom. The van der Waals surface area contributed by atoms with E-state index in [1.807, 2.05) is 0 Å². The molecule has 4 nitrogen and oxygen atoms in total. The van der Waals surface area contributed by atoms with Crippen molar-refractivity contribution >= 4 is 23.3 Å². The third-order valence-electron chi connectivity index (χ3n) is 2.53. The molecule has 1 aromatic carbocycles. The molecule has 1 fully saturated rings. The van der Waals surface area contributed by atoms with E-state index < -0.39 is 5.60 Å². The molecule has 0 heterocycles. The summed E-state index contributed by atoms with van der Waals surface area (Å²) in [6.07, 6.45) is 1.50. The summed E-state index contributed by atoms with van der Waals surface area (Å²) >= 11 is 5.88. The van der Waals surface area contributed by atoms with Crippen molar-refractivity contribution in [1.29, 1.82) is 0 Å². The molecule has 16 heavy (non-hydrogen) atoms. The Kier molecular flexibility index (Phi) is 3.03. The highest BCUT2D eigenvalue weighted by Gasteiger charge is 2.40. The number of anilines is 1. The molecule has 1 aliphatic carbocycles. The van der Waals surface area contributed by atoms with Gasteiger partial charge in [-0.3, -0.25) is 0 Å².